The Bertz CT molecular complexity index is 948. The normalized spacial score (nSPS) is 13.5. The molecule has 0 aliphatic carbocycles. The summed E-state index contributed by atoms with van der Waals surface area (Å²) in [7, 11) is -4.40. The van der Waals surface area contributed by atoms with Crippen LogP contribution >= 0.6 is 7.82 Å². The van der Waals surface area contributed by atoms with Crippen molar-refractivity contribution in [3.05, 3.63) is 24.3 Å². The van der Waals surface area contributed by atoms with Crippen LogP contribution in [0.5, 0.6) is 0 Å². The van der Waals surface area contributed by atoms with Crippen molar-refractivity contribution >= 4 is 19.8 Å². The van der Waals surface area contributed by atoms with Gasteiger partial charge >= 0.3 is 19.8 Å². The van der Waals surface area contributed by atoms with Crippen LogP contribution in [0.15, 0.2) is 24.3 Å². The van der Waals surface area contributed by atoms with Gasteiger partial charge in [0.2, 0.25) is 0 Å². The maximum Gasteiger partial charge on any atom is 0.472 e. The Hall–Kier alpha value is -1.55. The number of hydrogen-bond donors (Lipinski definition) is 3. The molecule has 0 heterocycles. The number of rotatable bonds is 42. The summed E-state index contributed by atoms with van der Waals surface area (Å²) in [6.45, 7) is 5.08. The number of carbonyl (C=O) groups is 2. The second-order valence-corrected chi connectivity index (χ2v) is 16.1. The largest absolute Gasteiger partial charge is 0.472 e. The first kappa shape index (κ1) is 52.5. The highest BCUT2D eigenvalue weighted by Crippen LogP contribution is 2.43. The number of allylic oxidation sites excluding steroid dienone is 4. The first-order valence-electron chi connectivity index (χ1n) is 22.0. The average molecular weight is 787 g/mol. The molecule has 0 aromatic heterocycles. The van der Waals surface area contributed by atoms with Crippen LogP contribution in [0.2, 0.25) is 0 Å². The van der Waals surface area contributed by atoms with Gasteiger partial charge in [0, 0.05) is 32.5 Å². The Kier molecular flexibility index (Phi) is 39.9. The Morgan fingerprint density at radius 2 is 1.02 bits per heavy atom. The van der Waals surface area contributed by atoms with E-state index in [0.29, 0.717) is 26.1 Å². The van der Waals surface area contributed by atoms with Gasteiger partial charge in [0.25, 0.3) is 0 Å². The summed E-state index contributed by atoms with van der Waals surface area (Å²) < 4.78 is 33.4. The summed E-state index contributed by atoms with van der Waals surface area (Å²) in [5, 5.41) is 2.96. The third kappa shape index (κ3) is 40.1. The molecule has 0 amide bonds. The number of hydrogen-bond acceptors (Lipinski definition) is 9. The van der Waals surface area contributed by atoms with Gasteiger partial charge in [-0.2, -0.15) is 0 Å². The highest BCUT2D eigenvalue weighted by molar-refractivity contribution is 7.47. The van der Waals surface area contributed by atoms with Crippen LogP contribution in [-0.4, -0.2) is 62.4 Å². The topological polar surface area (TPSA) is 146 Å². The number of unbranched alkanes of at least 4 members (excludes halogenated alkanes) is 22. The number of ether oxygens (including phenoxy) is 2. The fourth-order valence-electron chi connectivity index (χ4n) is 5.97. The van der Waals surface area contributed by atoms with Gasteiger partial charge in [-0.15, -0.1) is 0 Å². The molecule has 0 aliphatic rings. The fourth-order valence-corrected chi connectivity index (χ4v) is 6.73. The number of nitrogens with two attached hydrogens (primary N) is 1. The van der Waals surface area contributed by atoms with Gasteiger partial charge in [-0.3, -0.25) is 18.6 Å². The molecule has 4 N–H and O–H groups in total. The third-order valence-electron chi connectivity index (χ3n) is 9.29. The van der Waals surface area contributed by atoms with Gasteiger partial charge in [-0.25, -0.2) is 4.57 Å². The zero-order valence-corrected chi connectivity index (χ0v) is 35.7. The molecule has 0 bridgehead atoms. The van der Waals surface area contributed by atoms with E-state index in [1.807, 2.05) is 0 Å². The highest BCUT2D eigenvalue weighted by Gasteiger charge is 2.26. The molecular weight excluding hydrogens is 703 g/mol. The van der Waals surface area contributed by atoms with Gasteiger partial charge in [0.15, 0.2) is 6.10 Å². The van der Waals surface area contributed by atoms with Crippen molar-refractivity contribution in [2.45, 2.75) is 200 Å². The van der Waals surface area contributed by atoms with E-state index in [1.54, 1.807) is 0 Å². The Morgan fingerprint density at radius 3 is 1.48 bits per heavy atom. The fraction of sp³-hybridized carbons (Fsp3) is 0.860. The van der Waals surface area contributed by atoms with Crippen molar-refractivity contribution in [1.29, 1.82) is 0 Å². The summed E-state index contributed by atoms with van der Waals surface area (Å²) in [4.78, 5) is 35.2. The molecule has 54 heavy (non-hydrogen) atoms. The van der Waals surface area contributed by atoms with E-state index in [1.165, 1.54) is 89.9 Å². The number of phosphoric acid groups is 1. The predicted molar refractivity (Wildman–Crippen MR) is 223 cm³/mol. The predicted octanol–water partition coefficient (Wildman–Crippen LogP) is 11.2. The molecule has 0 spiro atoms. The van der Waals surface area contributed by atoms with Crippen LogP contribution in [0.3, 0.4) is 0 Å². The first-order valence-corrected chi connectivity index (χ1v) is 23.5. The molecule has 0 radical (unpaired) electrons. The van der Waals surface area contributed by atoms with Gasteiger partial charge in [0.05, 0.1) is 13.2 Å². The number of carbonyl (C=O) groups excluding carboxylic acids is 2. The number of nitrogens with one attached hydrogen (secondary N) is 1. The molecular formula is C43H83N2O8P. The van der Waals surface area contributed by atoms with E-state index in [2.05, 4.69) is 43.5 Å². The van der Waals surface area contributed by atoms with Crippen LogP contribution in [0.4, 0.5) is 0 Å². The van der Waals surface area contributed by atoms with Crippen molar-refractivity contribution in [1.82, 2.24) is 5.32 Å². The highest BCUT2D eigenvalue weighted by atomic mass is 31.2. The minimum absolute atomic E-state index is 0.0569. The molecule has 0 saturated carbocycles. The van der Waals surface area contributed by atoms with Crippen LogP contribution in [0, 0.1) is 0 Å². The van der Waals surface area contributed by atoms with Crippen molar-refractivity contribution in [2.24, 2.45) is 5.73 Å². The lowest BCUT2D eigenvalue weighted by atomic mass is 10.1. The lowest BCUT2D eigenvalue weighted by molar-refractivity contribution is -0.161. The number of esters is 2. The lowest BCUT2D eigenvalue weighted by Crippen LogP contribution is -2.30. The number of phosphoric ester groups is 1. The van der Waals surface area contributed by atoms with Gasteiger partial charge in [-0.05, 0) is 64.2 Å². The molecule has 2 atom stereocenters. The summed E-state index contributed by atoms with van der Waals surface area (Å²) >= 11 is 0. The maximum atomic E-state index is 12.6. The molecule has 0 fully saturated rings. The SMILES string of the molecule is CCCCCCCCC=CCCCCCCCC(=O)OCC(COP(=O)(O)OCCNCCN)OC(=O)CCCCCCCC=CCCCCCCCC. The molecule has 0 aliphatic heterocycles. The van der Waals surface area contributed by atoms with Crippen LogP contribution < -0.4 is 11.1 Å². The molecule has 318 valence electrons. The van der Waals surface area contributed by atoms with E-state index < -0.39 is 26.5 Å². The summed E-state index contributed by atoms with van der Waals surface area (Å²) in [5.74, 6) is -0.838. The minimum atomic E-state index is -4.40. The molecule has 2 unspecified atom stereocenters. The van der Waals surface area contributed by atoms with Crippen LogP contribution in [0.1, 0.15) is 194 Å². The molecule has 0 aromatic rings. The van der Waals surface area contributed by atoms with E-state index in [-0.39, 0.29) is 32.0 Å². The molecule has 0 rings (SSSR count). The second kappa shape index (κ2) is 41.1. The van der Waals surface area contributed by atoms with Crippen LogP contribution in [-0.2, 0) is 32.7 Å². The average Bonchev–Trinajstić information content (AvgIpc) is 3.15. The Balaban J connectivity index is 4.35. The lowest BCUT2D eigenvalue weighted by Gasteiger charge is -2.20. The quantitative estimate of drug-likeness (QED) is 0.0236. The van der Waals surface area contributed by atoms with Gasteiger partial charge in [0.1, 0.15) is 6.61 Å². The summed E-state index contributed by atoms with van der Waals surface area (Å²) in [6, 6.07) is 0. The maximum absolute atomic E-state index is 12.6. The van der Waals surface area contributed by atoms with E-state index >= 15 is 0 Å². The monoisotopic (exact) mass is 787 g/mol. The summed E-state index contributed by atoms with van der Waals surface area (Å²) in [5.41, 5.74) is 5.43. The van der Waals surface area contributed by atoms with Crippen molar-refractivity contribution in [3.63, 3.8) is 0 Å². The van der Waals surface area contributed by atoms with Crippen LogP contribution in [0.25, 0.3) is 0 Å². The van der Waals surface area contributed by atoms with Gasteiger partial charge in [-0.1, -0.05) is 141 Å². The Labute approximate surface area is 331 Å². The smallest absolute Gasteiger partial charge is 0.462 e. The minimum Gasteiger partial charge on any atom is -0.462 e. The Morgan fingerprint density at radius 1 is 0.593 bits per heavy atom. The molecule has 10 nitrogen and oxygen atoms in total. The zero-order valence-electron chi connectivity index (χ0n) is 34.8. The zero-order chi connectivity index (χ0) is 39.6. The standard InChI is InChI=1S/C43H83N2O8P/c1-3-5-7-9-11-13-15-17-19-21-23-25-27-29-31-33-42(46)50-39-41(40-52-54(48,49)51-38-37-45-36-35-44)53-43(47)34-32-30-28-26-24-22-20-18-16-14-12-10-8-6-4-2/h17-20,41,45H,3-16,21-40,44H2,1-2H3,(H,48,49). The van der Waals surface area contributed by atoms with Crippen molar-refractivity contribution in [2.75, 3.05) is 39.5 Å². The van der Waals surface area contributed by atoms with E-state index in [9.17, 15) is 19.0 Å². The second-order valence-electron chi connectivity index (χ2n) is 14.6. The van der Waals surface area contributed by atoms with Crippen molar-refractivity contribution < 1.29 is 37.6 Å². The third-order valence-corrected chi connectivity index (χ3v) is 10.3. The molecule has 0 saturated heterocycles. The van der Waals surface area contributed by atoms with E-state index in [4.69, 9.17) is 24.3 Å². The van der Waals surface area contributed by atoms with Crippen molar-refractivity contribution in [3.8, 4) is 0 Å². The summed E-state index contributed by atoms with van der Waals surface area (Å²) in [6.07, 6.45) is 39.1. The molecule has 0 aromatic carbocycles. The first-order chi connectivity index (χ1) is 26.3. The van der Waals surface area contributed by atoms with E-state index in [0.717, 1.165) is 70.6 Å². The van der Waals surface area contributed by atoms with Gasteiger partial charge < -0.3 is 25.4 Å². The molecule has 11 heteroatoms.